The molecule has 3 N–H and O–H groups in total. The molecule has 0 spiro atoms. The molecule has 1 amide bonds. The molecule has 0 aliphatic rings. The van der Waals surface area contributed by atoms with Crippen LogP contribution in [0.2, 0.25) is 0 Å². The highest BCUT2D eigenvalue weighted by Crippen LogP contribution is 2.22. The van der Waals surface area contributed by atoms with Gasteiger partial charge in [-0.25, -0.2) is 0 Å². The number of rotatable bonds is 3. The lowest BCUT2D eigenvalue weighted by atomic mass is 10.3. The van der Waals surface area contributed by atoms with Crippen LogP contribution in [0.4, 0.5) is 0 Å². The molecule has 0 aliphatic carbocycles. The number of hydrogen-bond acceptors (Lipinski definition) is 4. The highest BCUT2D eigenvalue weighted by atomic mass is 79.9. The normalized spacial score (nSPS) is 9.79. The van der Waals surface area contributed by atoms with E-state index in [0.717, 1.165) is 13.5 Å². The molecular formula is C13H11BrN2OS2. The molecule has 0 saturated carbocycles. The zero-order valence-corrected chi connectivity index (χ0v) is 13.1. The topological polar surface area (TPSA) is 55.1 Å². The molecule has 0 aromatic carbocycles. The van der Waals surface area contributed by atoms with Crippen molar-refractivity contribution in [1.29, 1.82) is 0 Å². The number of nitrogens with one attached hydrogen (secondary N) is 1. The van der Waals surface area contributed by atoms with Crippen LogP contribution in [0.3, 0.4) is 0 Å². The van der Waals surface area contributed by atoms with E-state index < -0.39 is 0 Å². The van der Waals surface area contributed by atoms with E-state index >= 15 is 0 Å². The van der Waals surface area contributed by atoms with E-state index in [1.165, 1.54) is 11.3 Å². The van der Waals surface area contributed by atoms with Gasteiger partial charge < -0.3 is 11.1 Å². The van der Waals surface area contributed by atoms with Gasteiger partial charge in [-0.15, -0.1) is 22.7 Å². The summed E-state index contributed by atoms with van der Waals surface area (Å²) in [5.41, 5.74) is 5.95. The van der Waals surface area contributed by atoms with E-state index in [1.807, 2.05) is 12.1 Å². The lowest BCUT2D eigenvalue weighted by molar-refractivity contribution is 0.0952. The third kappa shape index (κ3) is 4.18. The molecule has 2 aromatic heterocycles. The van der Waals surface area contributed by atoms with E-state index in [9.17, 15) is 4.79 Å². The molecule has 0 radical (unpaired) electrons. The molecule has 2 heterocycles. The second-order valence-electron chi connectivity index (χ2n) is 3.59. The van der Waals surface area contributed by atoms with E-state index in [1.54, 1.807) is 22.8 Å². The predicted octanol–water partition coefficient (Wildman–Crippen LogP) is 2.81. The lowest BCUT2D eigenvalue weighted by Crippen LogP contribution is -2.21. The van der Waals surface area contributed by atoms with Crippen LogP contribution in [0.15, 0.2) is 27.4 Å². The molecule has 3 nitrogen and oxygen atoms in total. The molecule has 0 atom stereocenters. The van der Waals surface area contributed by atoms with Gasteiger partial charge in [-0.1, -0.05) is 11.8 Å². The van der Waals surface area contributed by atoms with Crippen LogP contribution in [0.1, 0.15) is 20.1 Å². The maximum Gasteiger partial charge on any atom is 0.252 e. The van der Waals surface area contributed by atoms with Gasteiger partial charge >= 0.3 is 0 Å². The summed E-state index contributed by atoms with van der Waals surface area (Å²) in [6.45, 7) is 0.863. The Morgan fingerprint density at radius 2 is 2.32 bits per heavy atom. The van der Waals surface area contributed by atoms with Crippen molar-refractivity contribution in [3.8, 4) is 11.8 Å². The first-order valence-corrected chi connectivity index (χ1v) is 7.98. The number of halogens is 1. The van der Waals surface area contributed by atoms with Crippen molar-refractivity contribution in [3.05, 3.63) is 42.7 Å². The van der Waals surface area contributed by atoms with E-state index in [4.69, 9.17) is 5.73 Å². The molecule has 0 saturated heterocycles. The minimum Gasteiger partial charge on any atom is -0.347 e. The van der Waals surface area contributed by atoms with Crippen LogP contribution in [0.25, 0.3) is 0 Å². The minimum absolute atomic E-state index is 0.0819. The standard InChI is InChI=1S/C13H11BrN2OS2/c14-12-4-3-11(19-12)7-16-13(17)9-6-10(18-8-9)2-1-5-15/h3-4,6,8H,5,7,15H2,(H,16,17). The average molecular weight is 355 g/mol. The van der Waals surface area contributed by atoms with Crippen molar-refractivity contribution in [2.75, 3.05) is 6.54 Å². The molecule has 6 heteroatoms. The van der Waals surface area contributed by atoms with Gasteiger partial charge in [-0.3, -0.25) is 4.79 Å². The van der Waals surface area contributed by atoms with Gasteiger partial charge in [0.1, 0.15) is 0 Å². The summed E-state index contributed by atoms with van der Waals surface area (Å²) in [4.78, 5) is 13.9. The Bertz CT molecular complexity index is 636. The Labute approximate surface area is 128 Å². The first-order valence-electron chi connectivity index (χ1n) is 5.49. The molecule has 2 rings (SSSR count). The number of carbonyl (C=O) groups excluding carboxylic acids is 1. The zero-order valence-electron chi connectivity index (χ0n) is 9.90. The van der Waals surface area contributed by atoms with Crippen LogP contribution in [-0.4, -0.2) is 12.5 Å². The fraction of sp³-hybridized carbons (Fsp3) is 0.154. The van der Waals surface area contributed by atoms with E-state index in [-0.39, 0.29) is 5.91 Å². The summed E-state index contributed by atoms with van der Waals surface area (Å²) in [5.74, 6) is 5.60. The molecule has 2 aromatic rings. The number of thiophene rings is 2. The molecule has 0 fully saturated rings. The molecule has 0 aliphatic heterocycles. The van der Waals surface area contributed by atoms with Crippen LogP contribution >= 0.6 is 38.6 Å². The van der Waals surface area contributed by atoms with Gasteiger partial charge in [0.15, 0.2) is 0 Å². The van der Waals surface area contributed by atoms with Crippen LogP contribution in [0, 0.1) is 11.8 Å². The number of amides is 1. The monoisotopic (exact) mass is 354 g/mol. The van der Waals surface area contributed by atoms with Crippen LogP contribution < -0.4 is 11.1 Å². The second kappa shape index (κ2) is 6.87. The molecular weight excluding hydrogens is 344 g/mol. The minimum atomic E-state index is -0.0819. The Morgan fingerprint density at radius 3 is 3.00 bits per heavy atom. The summed E-state index contributed by atoms with van der Waals surface area (Å²) in [5, 5.41) is 4.69. The average Bonchev–Trinajstić information content (AvgIpc) is 3.02. The first-order chi connectivity index (χ1) is 9.19. The van der Waals surface area contributed by atoms with Gasteiger partial charge in [-0.2, -0.15) is 0 Å². The highest BCUT2D eigenvalue weighted by Gasteiger charge is 2.08. The fourth-order valence-electron chi connectivity index (χ4n) is 1.38. The molecule has 19 heavy (non-hydrogen) atoms. The maximum atomic E-state index is 11.9. The van der Waals surface area contributed by atoms with Gasteiger partial charge in [0.2, 0.25) is 0 Å². The van der Waals surface area contributed by atoms with Crippen molar-refractivity contribution < 1.29 is 4.79 Å². The molecule has 0 unspecified atom stereocenters. The Kier molecular flexibility index (Phi) is 5.16. The summed E-state index contributed by atoms with van der Waals surface area (Å²) in [6, 6.07) is 5.74. The van der Waals surface area contributed by atoms with E-state index in [2.05, 4.69) is 33.1 Å². The second-order valence-corrected chi connectivity index (χ2v) is 7.05. The fourth-order valence-corrected chi connectivity index (χ4v) is 3.55. The van der Waals surface area contributed by atoms with Gasteiger partial charge in [0, 0.05) is 10.3 Å². The Hall–Kier alpha value is -1.13. The summed E-state index contributed by atoms with van der Waals surface area (Å²) < 4.78 is 1.06. The van der Waals surface area contributed by atoms with Crippen molar-refractivity contribution in [1.82, 2.24) is 5.32 Å². The quantitative estimate of drug-likeness (QED) is 0.832. The smallest absolute Gasteiger partial charge is 0.252 e. The van der Waals surface area contributed by atoms with Gasteiger partial charge in [0.05, 0.1) is 27.3 Å². The Balaban J connectivity index is 1.94. The van der Waals surface area contributed by atoms with Crippen molar-refractivity contribution in [2.24, 2.45) is 5.73 Å². The number of nitrogens with two attached hydrogens (primary N) is 1. The third-order valence-corrected chi connectivity index (χ3v) is 4.70. The van der Waals surface area contributed by atoms with Crippen LogP contribution in [0.5, 0.6) is 0 Å². The van der Waals surface area contributed by atoms with Crippen molar-refractivity contribution in [3.63, 3.8) is 0 Å². The van der Waals surface area contributed by atoms with Gasteiger partial charge in [0.25, 0.3) is 5.91 Å². The zero-order chi connectivity index (χ0) is 13.7. The predicted molar refractivity (Wildman–Crippen MR) is 83.4 cm³/mol. The van der Waals surface area contributed by atoms with Gasteiger partial charge in [-0.05, 0) is 34.1 Å². The van der Waals surface area contributed by atoms with Crippen LogP contribution in [-0.2, 0) is 6.54 Å². The van der Waals surface area contributed by atoms with Crippen molar-refractivity contribution in [2.45, 2.75) is 6.54 Å². The first kappa shape index (κ1) is 14.3. The SMILES string of the molecule is NCC#Cc1cc(C(=O)NCc2ccc(Br)s2)cs1. The number of carbonyl (C=O) groups is 1. The van der Waals surface area contributed by atoms with Crippen molar-refractivity contribution >= 4 is 44.5 Å². The highest BCUT2D eigenvalue weighted by molar-refractivity contribution is 9.11. The largest absolute Gasteiger partial charge is 0.347 e. The maximum absolute atomic E-state index is 11.9. The molecule has 98 valence electrons. The lowest BCUT2D eigenvalue weighted by Gasteiger charge is -2.00. The van der Waals surface area contributed by atoms with E-state index in [0.29, 0.717) is 18.7 Å². The Morgan fingerprint density at radius 1 is 1.47 bits per heavy atom. The third-order valence-electron chi connectivity index (χ3n) is 2.23. The summed E-state index contributed by atoms with van der Waals surface area (Å²) in [7, 11) is 0. The summed E-state index contributed by atoms with van der Waals surface area (Å²) in [6.07, 6.45) is 0. The summed E-state index contributed by atoms with van der Waals surface area (Å²) >= 11 is 6.45. The molecule has 0 bridgehead atoms. The number of hydrogen-bond donors (Lipinski definition) is 2.